The molecule has 1 atom stereocenters. The van der Waals surface area contributed by atoms with Gasteiger partial charge in [-0.05, 0) is 26.3 Å². The maximum Gasteiger partial charge on any atom is 0.305 e. The molecule has 0 heterocycles. The number of benzene rings is 1. The number of hydrogen-bond acceptors (Lipinski definition) is 3. The molecule has 0 aliphatic heterocycles. The fourth-order valence-electron chi connectivity index (χ4n) is 2.12. The number of thioether (sulfide) groups is 1. The number of carboxylic acid groups (broad SMARTS) is 1. The first-order valence-electron chi connectivity index (χ1n) is 7.08. The van der Waals surface area contributed by atoms with Crippen LogP contribution >= 0.6 is 11.8 Å². The second-order valence-corrected chi connectivity index (χ2v) is 6.09. The summed E-state index contributed by atoms with van der Waals surface area (Å²) in [6.45, 7) is 6.24. The summed E-state index contributed by atoms with van der Waals surface area (Å²) in [5.74, 6) is 0.298. The van der Waals surface area contributed by atoms with E-state index in [0.717, 1.165) is 5.75 Å². The van der Waals surface area contributed by atoms with Gasteiger partial charge in [0.05, 0.1) is 12.2 Å². The zero-order valence-electron chi connectivity index (χ0n) is 12.8. The Morgan fingerprint density at radius 2 is 1.90 bits per heavy atom. The molecule has 1 rings (SSSR count). The summed E-state index contributed by atoms with van der Waals surface area (Å²) in [6, 6.07) is 7.99. The molecule has 4 nitrogen and oxygen atoms in total. The number of carbonyl (C=O) groups is 2. The van der Waals surface area contributed by atoms with Crippen LogP contribution < -0.4 is 0 Å². The van der Waals surface area contributed by atoms with Crippen LogP contribution in [0.4, 0.5) is 0 Å². The van der Waals surface area contributed by atoms with Gasteiger partial charge in [-0.1, -0.05) is 29.8 Å². The summed E-state index contributed by atoms with van der Waals surface area (Å²) in [7, 11) is 0. The molecular formula is C16H23NO3S. The largest absolute Gasteiger partial charge is 0.481 e. The molecule has 5 heteroatoms. The minimum atomic E-state index is -0.874. The van der Waals surface area contributed by atoms with Gasteiger partial charge in [-0.2, -0.15) is 0 Å². The van der Waals surface area contributed by atoms with Crippen molar-refractivity contribution in [1.29, 1.82) is 0 Å². The van der Waals surface area contributed by atoms with Crippen molar-refractivity contribution in [3.63, 3.8) is 0 Å². The standard InChI is InChI=1S/C16H23NO3S/c1-4-17(13(3)9-16(19)20)15(18)11-21-10-14-7-5-12(2)6-8-14/h5-8,13H,4,9-11H2,1-3H3,(H,19,20). The normalized spacial score (nSPS) is 12.0. The van der Waals surface area contributed by atoms with E-state index in [-0.39, 0.29) is 18.4 Å². The smallest absolute Gasteiger partial charge is 0.305 e. The van der Waals surface area contributed by atoms with E-state index in [0.29, 0.717) is 12.3 Å². The van der Waals surface area contributed by atoms with Gasteiger partial charge in [-0.3, -0.25) is 9.59 Å². The second-order valence-electron chi connectivity index (χ2n) is 5.11. The first-order chi connectivity index (χ1) is 9.93. The number of carbonyl (C=O) groups excluding carboxylic acids is 1. The molecule has 1 aromatic carbocycles. The minimum Gasteiger partial charge on any atom is -0.481 e. The molecule has 0 bridgehead atoms. The van der Waals surface area contributed by atoms with E-state index in [1.165, 1.54) is 11.1 Å². The van der Waals surface area contributed by atoms with Crippen LogP contribution in [0.25, 0.3) is 0 Å². The summed E-state index contributed by atoms with van der Waals surface area (Å²) in [6.07, 6.45) is -0.0117. The van der Waals surface area contributed by atoms with Crippen LogP contribution in [0.2, 0.25) is 0 Å². The van der Waals surface area contributed by atoms with Gasteiger partial charge < -0.3 is 10.0 Å². The maximum absolute atomic E-state index is 12.2. The zero-order chi connectivity index (χ0) is 15.8. The molecule has 0 spiro atoms. The Hall–Kier alpha value is -1.49. The number of nitrogens with zero attached hydrogens (tertiary/aromatic N) is 1. The third-order valence-corrected chi connectivity index (χ3v) is 4.27. The molecule has 116 valence electrons. The predicted molar refractivity (Wildman–Crippen MR) is 86.4 cm³/mol. The molecule has 0 saturated heterocycles. The van der Waals surface area contributed by atoms with Crippen LogP contribution in [0.5, 0.6) is 0 Å². The van der Waals surface area contributed by atoms with E-state index in [1.807, 2.05) is 13.8 Å². The van der Waals surface area contributed by atoms with Crippen molar-refractivity contribution >= 4 is 23.6 Å². The molecule has 1 unspecified atom stereocenters. The number of aryl methyl sites for hydroxylation is 1. The van der Waals surface area contributed by atoms with Crippen LogP contribution in [0.3, 0.4) is 0 Å². The fourth-order valence-corrected chi connectivity index (χ4v) is 2.99. The highest BCUT2D eigenvalue weighted by Gasteiger charge is 2.20. The highest BCUT2D eigenvalue weighted by molar-refractivity contribution is 7.99. The highest BCUT2D eigenvalue weighted by Crippen LogP contribution is 2.15. The number of aliphatic carboxylic acids is 1. The van der Waals surface area contributed by atoms with Gasteiger partial charge in [0, 0.05) is 18.3 Å². The number of carboxylic acids is 1. The van der Waals surface area contributed by atoms with E-state index < -0.39 is 5.97 Å². The van der Waals surface area contributed by atoms with Crippen molar-refractivity contribution in [3.05, 3.63) is 35.4 Å². The number of amides is 1. The lowest BCUT2D eigenvalue weighted by molar-refractivity contribution is -0.139. The average molecular weight is 309 g/mol. The first-order valence-corrected chi connectivity index (χ1v) is 8.24. The molecule has 1 N–H and O–H groups in total. The third-order valence-electron chi connectivity index (χ3n) is 3.28. The zero-order valence-corrected chi connectivity index (χ0v) is 13.7. The summed E-state index contributed by atoms with van der Waals surface area (Å²) in [5.41, 5.74) is 2.42. The van der Waals surface area contributed by atoms with Crippen molar-refractivity contribution in [1.82, 2.24) is 4.90 Å². The average Bonchev–Trinajstić information content (AvgIpc) is 2.41. The summed E-state index contributed by atoms with van der Waals surface area (Å²) in [4.78, 5) is 24.5. The lowest BCUT2D eigenvalue weighted by Gasteiger charge is -2.27. The van der Waals surface area contributed by atoms with Crippen LogP contribution in [-0.2, 0) is 15.3 Å². The quantitative estimate of drug-likeness (QED) is 0.802. The van der Waals surface area contributed by atoms with E-state index in [2.05, 4.69) is 24.3 Å². The highest BCUT2D eigenvalue weighted by atomic mass is 32.2. The Balaban J connectivity index is 2.43. The first kappa shape index (κ1) is 17.6. The predicted octanol–water partition coefficient (Wildman–Crippen LogP) is 2.94. The topological polar surface area (TPSA) is 57.6 Å². The monoisotopic (exact) mass is 309 g/mol. The molecule has 0 aliphatic rings. The summed E-state index contributed by atoms with van der Waals surface area (Å²) < 4.78 is 0. The van der Waals surface area contributed by atoms with E-state index in [9.17, 15) is 9.59 Å². The summed E-state index contributed by atoms with van der Waals surface area (Å²) in [5, 5.41) is 8.81. The third kappa shape index (κ3) is 6.21. The maximum atomic E-state index is 12.2. The van der Waals surface area contributed by atoms with Crippen LogP contribution in [-0.4, -0.2) is 40.2 Å². The lowest BCUT2D eigenvalue weighted by Crippen LogP contribution is -2.40. The molecule has 1 amide bonds. The van der Waals surface area contributed by atoms with Gasteiger partial charge in [0.2, 0.25) is 5.91 Å². The van der Waals surface area contributed by atoms with Crippen molar-refractivity contribution in [2.75, 3.05) is 12.3 Å². The molecule has 0 aromatic heterocycles. The van der Waals surface area contributed by atoms with Gasteiger partial charge in [0.15, 0.2) is 0 Å². The van der Waals surface area contributed by atoms with Gasteiger partial charge in [-0.15, -0.1) is 11.8 Å². The Bertz CT molecular complexity index is 473. The van der Waals surface area contributed by atoms with Gasteiger partial charge in [-0.25, -0.2) is 0 Å². The molecule has 0 fully saturated rings. The van der Waals surface area contributed by atoms with E-state index in [1.54, 1.807) is 23.6 Å². The Labute approximate surface area is 130 Å². The molecule has 1 aromatic rings. The van der Waals surface area contributed by atoms with Crippen molar-refractivity contribution in [2.24, 2.45) is 0 Å². The molecule has 21 heavy (non-hydrogen) atoms. The van der Waals surface area contributed by atoms with Crippen LogP contribution in [0, 0.1) is 6.92 Å². The molecule has 0 saturated carbocycles. The van der Waals surface area contributed by atoms with Crippen molar-refractivity contribution in [2.45, 2.75) is 39.0 Å². The number of hydrogen-bond donors (Lipinski definition) is 1. The van der Waals surface area contributed by atoms with Gasteiger partial charge >= 0.3 is 5.97 Å². The van der Waals surface area contributed by atoms with Crippen molar-refractivity contribution in [3.8, 4) is 0 Å². The van der Waals surface area contributed by atoms with Crippen molar-refractivity contribution < 1.29 is 14.7 Å². The Morgan fingerprint density at radius 1 is 1.29 bits per heavy atom. The van der Waals surface area contributed by atoms with Crippen LogP contribution in [0.15, 0.2) is 24.3 Å². The Morgan fingerprint density at radius 3 is 2.43 bits per heavy atom. The molecule has 0 aliphatic carbocycles. The Kier molecular flexibility index (Phi) is 7.29. The van der Waals surface area contributed by atoms with Gasteiger partial charge in [0.1, 0.15) is 0 Å². The van der Waals surface area contributed by atoms with Crippen LogP contribution in [0.1, 0.15) is 31.4 Å². The van der Waals surface area contributed by atoms with Gasteiger partial charge in [0.25, 0.3) is 0 Å². The lowest BCUT2D eigenvalue weighted by atomic mass is 10.2. The number of rotatable bonds is 8. The second kappa shape index (κ2) is 8.72. The summed E-state index contributed by atoms with van der Waals surface area (Å²) >= 11 is 1.56. The minimum absolute atomic E-state index is 0.00311. The molecular weight excluding hydrogens is 286 g/mol. The van der Waals surface area contributed by atoms with E-state index in [4.69, 9.17) is 5.11 Å². The molecule has 0 radical (unpaired) electrons. The SMILES string of the molecule is CCN(C(=O)CSCc1ccc(C)cc1)C(C)CC(=O)O. The van der Waals surface area contributed by atoms with E-state index >= 15 is 0 Å². The fraction of sp³-hybridized carbons (Fsp3) is 0.500.